The summed E-state index contributed by atoms with van der Waals surface area (Å²) >= 11 is 12.5. The molecule has 1 amide bonds. The summed E-state index contributed by atoms with van der Waals surface area (Å²) in [4.78, 5) is 24.9. The van der Waals surface area contributed by atoms with Crippen LogP contribution in [0, 0.1) is 6.92 Å². The number of carbonyl (C=O) groups is 2. The third kappa shape index (κ3) is 4.34. The van der Waals surface area contributed by atoms with Gasteiger partial charge in [0.25, 0.3) is 0 Å². The van der Waals surface area contributed by atoms with E-state index >= 15 is 0 Å². The first-order valence-corrected chi connectivity index (χ1v) is 9.29. The Morgan fingerprint density at radius 1 is 1.15 bits per heavy atom. The van der Waals surface area contributed by atoms with Crippen molar-refractivity contribution in [2.75, 3.05) is 0 Å². The zero-order chi connectivity index (χ0) is 19.6. The van der Waals surface area contributed by atoms with E-state index in [1.165, 1.54) is 0 Å². The Balaban J connectivity index is 1.88. The minimum atomic E-state index is -0.504. The molecular formula is C21H19Cl2NO3. The largest absolute Gasteiger partial charge is 0.457 e. The zero-order valence-corrected chi connectivity index (χ0v) is 16.5. The van der Waals surface area contributed by atoms with Gasteiger partial charge in [0.15, 0.2) is 0 Å². The van der Waals surface area contributed by atoms with Crippen LogP contribution in [0.5, 0.6) is 0 Å². The van der Waals surface area contributed by atoms with Crippen molar-refractivity contribution in [1.29, 1.82) is 0 Å². The molecule has 6 heteroatoms. The SMILES string of the molecule is CC1=C(C(=O)OCc2ccc(C)cc2)[C@@H](c2cccc(Cl)c2Cl)CC(=O)N1. The maximum absolute atomic E-state index is 12.8. The molecule has 0 aliphatic carbocycles. The second-order valence-corrected chi connectivity index (χ2v) is 7.33. The molecule has 1 aliphatic heterocycles. The molecule has 4 nitrogen and oxygen atoms in total. The first-order chi connectivity index (χ1) is 12.9. The number of esters is 1. The van der Waals surface area contributed by atoms with Gasteiger partial charge in [0.05, 0.1) is 15.6 Å². The number of allylic oxidation sites excluding steroid dienone is 1. The Morgan fingerprint density at radius 2 is 1.85 bits per heavy atom. The molecular weight excluding hydrogens is 385 g/mol. The Bertz CT molecular complexity index is 920. The molecule has 1 heterocycles. The van der Waals surface area contributed by atoms with Crippen molar-refractivity contribution in [2.24, 2.45) is 0 Å². The second-order valence-electron chi connectivity index (χ2n) is 6.55. The molecule has 1 N–H and O–H groups in total. The van der Waals surface area contributed by atoms with Gasteiger partial charge < -0.3 is 10.1 Å². The van der Waals surface area contributed by atoms with Gasteiger partial charge >= 0.3 is 5.97 Å². The van der Waals surface area contributed by atoms with Gasteiger partial charge in [-0.3, -0.25) is 4.79 Å². The highest BCUT2D eigenvalue weighted by Crippen LogP contribution is 2.39. The number of hydrogen-bond acceptors (Lipinski definition) is 3. The highest BCUT2D eigenvalue weighted by atomic mass is 35.5. The van der Waals surface area contributed by atoms with Crippen molar-refractivity contribution in [3.05, 3.63) is 80.5 Å². The molecule has 0 saturated heterocycles. The van der Waals surface area contributed by atoms with Crippen LogP contribution < -0.4 is 5.32 Å². The van der Waals surface area contributed by atoms with Crippen molar-refractivity contribution in [2.45, 2.75) is 32.8 Å². The van der Waals surface area contributed by atoms with Gasteiger partial charge in [-0.2, -0.15) is 0 Å². The van der Waals surface area contributed by atoms with Crippen molar-refractivity contribution < 1.29 is 14.3 Å². The predicted octanol–water partition coefficient (Wildman–Crippen LogP) is 4.92. The van der Waals surface area contributed by atoms with Crippen LogP contribution in [0.25, 0.3) is 0 Å². The fraction of sp³-hybridized carbons (Fsp3) is 0.238. The van der Waals surface area contributed by atoms with Crippen LogP contribution in [-0.2, 0) is 20.9 Å². The smallest absolute Gasteiger partial charge is 0.336 e. The van der Waals surface area contributed by atoms with Crippen LogP contribution in [0.1, 0.15) is 36.0 Å². The maximum atomic E-state index is 12.8. The number of ether oxygens (including phenoxy) is 1. The van der Waals surface area contributed by atoms with Crippen LogP contribution in [-0.4, -0.2) is 11.9 Å². The van der Waals surface area contributed by atoms with E-state index in [1.807, 2.05) is 31.2 Å². The van der Waals surface area contributed by atoms with Gasteiger partial charge in [-0.15, -0.1) is 0 Å². The van der Waals surface area contributed by atoms with Crippen LogP contribution >= 0.6 is 23.2 Å². The van der Waals surface area contributed by atoms with E-state index in [0.29, 0.717) is 26.9 Å². The predicted molar refractivity (Wildman–Crippen MR) is 106 cm³/mol. The minimum absolute atomic E-state index is 0.104. The normalized spacial score (nSPS) is 16.9. The van der Waals surface area contributed by atoms with Crippen LogP contribution in [0.15, 0.2) is 53.7 Å². The summed E-state index contributed by atoms with van der Waals surface area (Å²) in [5, 5.41) is 3.44. The van der Waals surface area contributed by atoms with Crippen molar-refractivity contribution in [3.8, 4) is 0 Å². The average Bonchev–Trinajstić information content (AvgIpc) is 2.62. The summed E-state index contributed by atoms with van der Waals surface area (Å²) in [7, 11) is 0. The van der Waals surface area contributed by atoms with Gasteiger partial charge in [0.1, 0.15) is 6.61 Å². The molecule has 0 radical (unpaired) electrons. The van der Waals surface area contributed by atoms with Crippen LogP contribution in [0.3, 0.4) is 0 Å². The zero-order valence-electron chi connectivity index (χ0n) is 15.0. The highest BCUT2D eigenvalue weighted by molar-refractivity contribution is 6.42. The number of nitrogens with one attached hydrogen (secondary N) is 1. The Morgan fingerprint density at radius 3 is 2.56 bits per heavy atom. The van der Waals surface area contributed by atoms with E-state index in [-0.39, 0.29) is 18.9 Å². The summed E-state index contributed by atoms with van der Waals surface area (Å²) in [5.74, 6) is -1.16. The fourth-order valence-electron chi connectivity index (χ4n) is 3.14. The molecule has 0 saturated carbocycles. The molecule has 3 rings (SSSR count). The molecule has 0 fully saturated rings. The molecule has 1 aliphatic rings. The first-order valence-electron chi connectivity index (χ1n) is 8.54. The maximum Gasteiger partial charge on any atom is 0.336 e. The molecule has 140 valence electrons. The van der Waals surface area contributed by atoms with Gasteiger partial charge in [-0.05, 0) is 31.0 Å². The monoisotopic (exact) mass is 403 g/mol. The Kier molecular flexibility index (Phi) is 5.88. The van der Waals surface area contributed by atoms with Crippen LogP contribution in [0.4, 0.5) is 0 Å². The molecule has 2 aromatic rings. The number of aryl methyl sites for hydroxylation is 1. The number of benzene rings is 2. The fourth-order valence-corrected chi connectivity index (χ4v) is 3.58. The highest BCUT2D eigenvalue weighted by Gasteiger charge is 2.34. The lowest BCUT2D eigenvalue weighted by molar-refractivity contribution is -0.141. The number of halogens is 2. The molecule has 1 atom stereocenters. The molecule has 0 spiro atoms. The molecule has 0 bridgehead atoms. The number of hydrogen-bond donors (Lipinski definition) is 1. The van der Waals surface area contributed by atoms with E-state index in [2.05, 4.69) is 5.32 Å². The van der Waals surface area contributed by atoms with Crippen molar-refractivity contribution in [3.63, 3.8) is 0 Å². The quantitative estimate of drug-likeness (QED) is 0.736. The molecule has 0 aromatic heterocycles. The lowest BCUT2D eigenvalue weighted by Gasteiger charge is -2.27. The van der Waals surface area contributed by atoms with Gasteiger partial charge in [-0.1, -0.05) is 65.2 Å². The molecule has 2 aromatic carbocycles. The Hall–Kier alpha value is -2.30. The Labute approximate surface area is 168 Å². The second kappa shape index (κ2) is 8.15. The third-order valence-electron chi connectivity index (χ3n) is 4.54. The standard InChI is InChI=1S/C21H19Cl2NO3/c1-12-6-8-14(9-7-12)11-27-21(26)19-13(2)24-18(25)10-16(19)15-4-3-5-17(22)20(15)23/h3-9,16H,10-11H2,1-2H3,(H,24,25)/t16-/m1/s1. The van der Waals surface area contributed by atoms with E-state index in [4.69, 9.17) is 27.9 Å². The van der Waals surface area contributed by atoms with E-state index in [1.54, 1.807) is 25.1 Å². The van der Waals surface area contributed by atoms with Crippen molar-refractivity contribution in [1.82, 2.24) is 5.32 Å². The third-order valence-corrected chi connectivity index (χ3v) is 5.37. The molecule has 27 heavy (non-hydrogen) atoms. The summed E-state index contributed by atoms with van der Waals surface area (Å²) in [6.07, 6.45) is 0.104. The summed E-state index contributed by atoms with van der Waals surface area (Å²) < 4.78 is 5.51. The van der Waals surface area contributed by atoms with Crippen LogP contribution in [0.2, 0.25) is 10.0 Å². The van der Waals surface area contributed by atoms with Gasteiger partial charge in [-0.25, -0.2) is 4.79 Å². The number of carbonyl (C=O) groups excluding carboxylic acids is 2. The number of amides is 1. The van der Waals surface area contributed by atoms with E-state index < -0.39 is 11.9 Å². The first kappa shape index (κ1) is 19.5. The lowest BCUT2D eigenvalue weighted by Crippen LogP contribution is -2.34. The van der Waals surface area contributed by atoms with E-state index in [9.17, 15) is 9.59 Å². The molecule has 0 unspecified atom stereocenters. The lowest BCUT2D eigenvalue weighted by atomic mass is 9.84. The minimum Gasteiger partial charge on any atom is -0.457 e. The summed E-state index contributed by atoms with van der Waals surface area (Å²) in [5.41, 5.74) is 3.53. The van der Waals surface area contributed by atoms with Gasteiger partial charge in [0.2, 0.25) is 5.91 Å². The topological polar surface area (TPSA) is 55.4 Å². The number of rotatable bonds is 4. The van der Waals surface area contributed by atoms with Crippen molar-refractivity contribution >= 4 is 35.1 Å². The summed E-state index contributed by atoms with van der Waals surface area (Å²) in [6, 6.07) is 12.9. The van der Waals surface area contributed by atoms with Gasteiger partial charge in [0, 0.05) is 18.0 Å². The average molecular weight is 404 g/mol. The summed E-state index contributed by atoms with van der Waals surface area (Å²) in [6.45, 7) is 3.83. The van der Waals surface area contributed by atoms with E-state index in [0.717, 1.165) is 11.1 Å².